The first-order valence-electron chi connectivity index (χ1n) is 3.21. The van der Waals surface area contributed by atoms with E-state index >= 15 is 0 Å². The van der Waals surface area contributed by atoms with Gasteiger partial charge in [0.15, 0.2) is 0 Å². The van der Waals surface area contributed by atoms with E-state index in [0.717, 1.165) is 25.3 Å². The van der Waals surface area contributed by atoms with Crippen LogP contribution in [-0.4, -0.2) is 21.6 Å². The summed E-state index contributed by atoms with van der Waals surface area (Å²) in [7, 11) is 0. The van der Waals surface area contributed by atoms with Crippen molar-refractivity contribution in [1.29, 1.82) is 0 Å². The zero-order valence-corrected chi connectivity index (χ0v) is 9.36. The Kier molecular flexibility index (Phi) is 4.81. The van der Waals surface area contributed by atoms with Gasteiger partial charge < -0.3 is 0 Å². The lowest BCUT2D eigenvalue weighted by Gasteiger charge is -2.34. The fourth-order valence-corrected chi connectivity index (χ4v) is 4.87. The molecule has 0 nitrogen and oxygen atoms in total. The number of alkyl halides is 2. The molecule has 0 spiro atoms. The Hall–Kier alpha value is 1.59. The maximum absolute atomic E-state index is 6.00. The van der Waals surface area contributed by atoms with E-state index < -0.39 is 10.7 Å². The molecule has 0 aromatic carbocycles. The molecule has 1 heterocycles. The van der Waals surface area contributed by atoms with Crippen molar-refractivity contribution in [3.63, 3.8) is 0 Å². The Labute approximate surface area is 92.0 Å². The van der Waals surface area contributed by atoms with Gasteiger partial charge in [-0.1, -0.05) is 12.8 Å². The van der Waals surface area contributed by atoms with Crippen molar-refractivity contribution in [2.45, 2.75) is 29.3 Å². The molecule has 1 rings (SSSR count). The summed E-state index contributed by atoms with van der Waals surface area (Å²) in [5, 5.41) is 0. The monoisotopic (exact) mass is 268 g/mol. The molecule has 0 aliphatic carbocycles. The smallest absolute Gasteiger partial charge is 0.143 e. The van der Waals surface area contributed by atoms with E-state index in [9.17, 15) is 0 Å². The van der Waals surface area contributed by atoms with Gasteiger partial charge in [-0.25, -0.2) is 0 Å². The molecule has 0 aromatic rings. The van der Waals surface area contributed by atoms with Crippen LogP contribution in [0.15, 0.2) is 0 Å². The fourth-order valence-electron chi connectivity index (χ4n) is 1.06. The zero-order chi connectivity index (χ0) is 7.83. The van der Waals surface area contributed by atoms with Crippen molar-refractivity contribution >= 4 is 63.0 Å². The van der Waals surface area contributed by atoms with Crippen molar-refractivity contribution in [2.75, 3.05) is 0 Å². The molecule has 68 valence electrons. The average molecular weight is 270 g/mol. The molecular formula is C5H12Cl4Si2. The molecule has 0 aromatic heterocycles. The van der Waals surface area contributed by atoms with Crippen LogP contribution in [0.5, 0.6) is 0 Å². The maximum Gasteiger partial charge on any atom is 0.286 e. The minimum atomic E-state index is -2.34. The van der Waals surface area contributed by atoms with E-state index in [1.807, 2.05) is 0 Å². The molecule has 11 heavy (non-hydrogen) atoms. The van der Waals surface area contributed by atoms with Crippen LogP contribution in [0, 0.1) is 0 Å². The third-order valence-corrected chi connectivity index (χ3v) is 10.6. The van der Waals surface area contributed by atoms with Crippen LogP contribution < -0.4 is 0 Å². The molecule has 0 bridgehead atoms. The molecule has 0 amide bonds. The van der Waals surface area contributed by atoms with E-state index in [4.69, 9.17) is 45.4 Å². The highest BCUT2D eigenvalue weighted by Gasteiger charge is 2.51. The predicted molar refractivity (Wildman–Crippen MR) is 61.9 cm³/mol. The Morgan fingerprint density at radius 2 is 1.64 bits per heavy atom. The normalized spacial score (nSPS) is 27.3. The third kappa shape index (κ3) is 2.78. The lowest BCUT2D eigenvalue weighted by Crippen LogP contribution is -2.44. The summed E-state index contributed by atoms with van der Waals surface area (Å²) in [6, 6.07) is 0.823. The van der Waals surface area contributed by atoms with Crippen molar-refractivity contribution in [3.8, 4) is 0 Å². The van der Waals surface area contributed by atoms with E-state index in [2.05, 4.69) is 0 Å². The first-order valence-corrected chi connectivity index (χ1v) is 8.20. The maximum atomic E-state index is 6.00. The number of hydrogen-bond acceptors (Lipinski definition) is 0. The molecule has 0 N–H and O–H groups in total. The highest BCUT2D eigenvalue weighted by Crippen LogP contribution is 2.48. The molecule has 1 aliphatic heterocycles. The van der Waals surface area contributed by atoms with E-state index in [0.29, 0.717) is 0 Å². The SMILES string of the molecule is ClC1(Cl)CCCC[Si]1(Cl)Cl.[SiH4]. The van der Waals surface area contributed by atoms with Gasteiger partial charge in [-0.15, -0.1) is 45.4 Å². The Morgan fingerprint density at radius 1 is 1.09 bits per heavy atom. The second kappa shape index (κ2) is 4.20. The topological polar surface area (TPSA) is 0 Å². The Morgan fingerprint density at radius 3 is 1.91 bits per heavy atom. The van der Waals surface area contributed by atoms with E-state index in [-0.39, 0.29) is 11.0 Å². The van der Waals surface area contributed by atoms with Gasteiger partial charge in [-0.2, -0.15) is 0 Å². The van der Waals surface area contributed by atoms with Crippen molar-refractivity contribution < 1.29 is 0 Å². The number of hydrogen-bond donors (Lipinski definition) is 0. The molecule has 0 saturated carbocycles. The lowest BCUT2D eigenvalue weighted by molar-refractivity contribution is 0.684. The molecule has 1 fully saturated rings. The van der Waals surface area contributed by atoms with Crippen molar-refractivity contribution in [2.24, 2.45) is 0 Å². The largest absolute Gasteiger partial charge is 0.286 e. The number of halogens is 4. The van der Waals surface area contributed by atoms with E-state index in [1.165, 1.54) is 0 Å². The van der Waals surface area contributed by atoms with Crippen LogP contribution in [0.1, 0.15) is 19.3 Å². The first kappa shape index (κ1) is 12.6. The van der Waals surface area contributed by atoms with Gasteiger partial charge >= 0.3 is 0 Å². The molecule has 0 radical (unpaired) electrons. The molecular weight excluding hydrogens is 258 g/mol. The number of rotatable bonds is 0. The second-order valence-corrected chi connectivity index (χ2v) is 11.9. The molecule has 1 aliphatic rings. The van der Waals surface area contributed by atoms with Crippen LogP contribution in [0.2, 0.25) is 6.04 Å². The highest BCUT2D eigenvalue weighted by atomic mass is 35.7. The van der Waals surface area contributed by atoms with Crippen LogP contribution in [0.25, 0.3) is 0 Å². The van der Waals surface area contributed by atoms with Crippen molar-refractivity contribution in [3.05, 3.63) is 0 Å². The third-order valence-electron chi connectivity index (χ3n) is 1.77. The predicted octanol–water partition coefficient (Wildman–Crippen LogP) is 2.35. The minimum Gasteiger partial charge on any atom is -0.143 e. The second-order valence-electron chi connectivity index (χ2n) is 2.62. The van der Waals surface area contributed by atoms with Gasteiger partial charge in [-0.05, 0) is 23.4 Å². The summed E-state index contributed by atoms with van der Waals surface area (Å²) in [6.45, 7) is -2.34. The summed E-state index contributed by atoms with van der Waals surface area (Å²) >= 11 is 23.9. The quantitative estimate of drug-likeness (QED) is 0.360. The van der Waals surface area contributed by atoms with Gasteiger partial charge in [0.25, 0.3) is 6.69 Å². The van der Waals surface area contributed by atoms with Crippen LogP contribution in [0.3, 0.4) is 0 Å². The average Bonchev–Trinajstić information content (AvgIpc) is 1.77. The standard InChI is InChI=1S/C5H8Cl4Si.H4Si/c6-5(7)3-1-2-4-10(5,8)9;/h1-4H2;1H4. The summed E-state index contributed by atoms with van der Waals surface area (Å²) in [5.74, 6) is 0. The summed E-state index contributed by atoms with van der Waals surface area (Å²) in [5.41, 5.74) is 0. The van der Waals surface area contributed by atoms with Gasteiger partial charge in [0.05, 0.1) is 0 Å². The molecule has 0 unspecified atom stereocenters. The summed E-state index contributed by atoms with van der Waals surface area (Å²) < 4.78 is -0.811. The van der Waals surface area contributed by atoms with Gasteiger partial charge in [0, 0.05) is 0 Å². The lowest BCUT2D eigenvalue weighted by atomic mass is 10.3. The zero-order valence-electron chi connectivity index (χ0n) is 5.34. The minimum absolute atomic E-state index is 0. The molecule has 0 atom stereocenters. The molecule has 1 saturated heterocycles. The van der Waals surface area contributed by atoms with Crippen LogP contribution in [0.4, 0.5) is 0 Å². The van der Waals surface area contributed by atoms with Crippen molar-refractivity contribution in [1.82, 2.24) is 0 Å². The Balaban J connectivity index is 0.000001000. The van der Waals surface area contributed by atoms with E-state index in [1.54, 1.807) is 0 Å². The first-order chi connectivity index (χ1) is 4.46. The van der Waals surface area contributed by atoms with Gasteiger partial charge in [0.2, 0.25) is 0 Å². The summed E-state index contributed by atoms with van der Waals surface area (Å²) in [6.07, 6.45) is 2.86. The van der Waals surface area contributed by atoms with Gasteiger partial charge in [0.1, 0.15) is 3.96 Å². The fraction of sp³-hybridized carbons (Fsp3) is 1.00. The highest BCUT2D eigenvalue weighted by molar-refractivity contribution is 7.50. The summed E-state index contributed by atoms with van der Waals surface area (Å²) in [4.78, 5) is 0. The Bertz CT molecular complexity index is 120. The van der Waals surface area contributed by atoms with Crippen LogP contribution in [-0.2, 0) is 0 Å². The van der Waals surface area contributed by atoms with Crippen LogP contribution >= 0.6 is 45.4 Å². The molecule has 6 heteroatoms. The van der Waals surface area contributed by atoms with Gasteiger partial charge in [-0.3, -0.25) is 0 Å².